The third kappa shape index (κ3) is 15.4. The molecular formula is C44H62O8. The summed E-state index contributed by atoms with van der Waals surface area (Å²) in [5, 5.41) is 3.39. The molecule has 0 aromatic heterocycles. The molecule has 2 unspecified atom stereocenters. The number of rotatable bonds is 28. The van der Waals surface area contributed by atoms with Gasteiger partial charge in [0.25, 0.3) is 0 Å². The number of unbranched alkanes of at least 4 members (excludes halogenated alkanes) is 8. The van der Waals surface area contributed by atoms with Gasteiger partial charge in [-0.3, -0.25) is 9.59 Å². The van der Waals surface area contributed by atoms with Crippen molar-refractivity contribution in [1.29, 1.82) is 0 Å². The van der Waals surface area contributed by atoms with Crippen LogP contribution >= 0.6 is 0 Å². The van der Waals surface area contributed by atoms with Gasteiger partial charge in [0.05, 0.1) is 26.4 Å². The summed E-state index contributed by atoms with van der Waals surface area (Å²) in [5.74, 6) is 0.827. The molecule has 0 spiro atoms. The first-order valence-corrected chi connectivity index (χ1v) is 19.3. The zero-order chi connectivity index (χ0) is 37.6. The molecule has 0 N–H and O–H groups in total. The zero-order valence-electron chi connectivity index (χ0n) is 32.2. The van der Waals surface area contributed by atoms with Crippen LogP contribution in [0.1, 0.15) is 105 Å². The molecule has 8 nitrogen and oxygen atoms in total. The van der Waals surface area contributed by atoms with Crippen LogP contribution < -0.4 is 9.47 Å². The Kier molecular flexibility index (Phi) is 19.9. The number of carbonyl (C=O) groups is 2. The first-order valence-electron chi connectivity index (χ1n) is 19.3. The average Bonchev–Trinajstić information content (AvgIpc) is 3.12. The molecular weight excluding hydrogens is 656 g/mol. The Balaban J connectivity index is 1.82. The van der Waals surface area contributed by atoms with Gasteiger partial charge in [0.2, 0.25) is 0 Å². The van der Waals surface area contributed by atoms with E-state index in [0.29, 0.717) is 37.6 Å². The van der Waals surface area contributed by atoms with Gasteiger partial charge < -0.3 is 28.4 Å². The Morgan fingerprint density at radius 3 is 1.21 bits per heavy atom. The van der Waals surface area contributed by atoms with Gasteiger partial charge in [0.1, 0.15) is 24.7 Å². The molecule has 0 amide bonds. The van der Waals surface area contributed by atoms with Crippen molar-refractivity contribution in [2.24, 2.45) is 0 Å². The Morgan fingerprint density at radius 1 is 0.538 bits per heavy atom. The number of fused-ring (bicyclic) bond motifs is 2. The second-order valence-corrected chi connectivity index (χ2v) is 13.9. The first kappa shape index (κ1) is 42.5. The summed E-state index contributed by atoms with van der Waals surface area (Å²) in [5.41, 5.74) is 1.77. The second-order valence-electron chi connectivity index (χ2n) is 13.9. The van der Waals surface area contributed by atoms with Crippen molar-refractivity contribution in [3.63, 3.8) is 0 Å². The van der Waals surface area contributed by atoms with Crippen LogP contribution in [-0.4, -0.2) is 63.8 Å². The number of benzene rings is 3. The van der Waals surface area contributed by atoms with E-state index < -0.39 is 12.2 Å². The van der Waals surface area contributed by atoms with Crippen LogP contribution in [0.15, 0.2) is 72.8 Å². The molecule has 286 valence electrons. The summed E-state index contributed by atoms with van der Waals surface area (Å²) >= 11 is 0. The van der Waals surface area contributed by atoms with Gasteiger partial charge in [-0.2, -0.15) is 0 Å². The van der Waals surface area contributed by atoms with Crippen molar-refractivity contribution in [1.82, 2.24) is 0 Å². The number of hydrogen-bond acceptors (Lipinski definition) is 8. The van der Waals surface area contributed by atoms with Gasteiger partial charge in [-0.25, -0.2) is 0 Å². The van der Waals surface area contributed by atoms with E-state index in [9.17, 15) is 9.59 Å². The predicted molar refractivity (Wildman–Crippen MR) is 210 cm³/mol. The number of carbonyl (C=O) groups excluding carboxylic acids is 2. The minimum Gasteiger partial charge on any atom is -0.488 e. The SMILES string of the molecule is C=C(C)COCC(COc1c2ccccc2c(OCC(COCC(=C)C)OC(=O)CCCCCCC)c2ccccc12)OC(=O)CCCCCCC. The van der Waals surface area contributed by atoms with E-state index in [0.717, 1.165) is 84.1 Å². The predicted octanol–water partition coefficient (Wildman–Crippen LogP) is 10.5. The van der Waals surface area contributed by atoms with Gasteiger partial charge in [0.15, 0.2) is 12.2 Å². The first-order chi connectivity index (χ1) is 25.2. The fourth-order valence-electron chi connectivity index (χ4n) is 5.91. The largest absolute Gasteiger partial charge is 0.488 e. The van der Waals surface area contributed by atoms with E-state index >= 15 is 0 Å². The molecule has 8 heteroatoms. The summed E-state index contributed by atoms with van der Waals surface area (Å²) < 4.78 is 36.5. The molecule has 0 saturated heterocycles. The highest BCUT2D eigenvalue weighted by molar-refractivity contribution is 6.11. The van der Waals surface area contributed by atoms with Crippen LogP contribution in [0, 0.1) is 0 Å². The van der Waals surface area contributed by atoms with Crippen molar-refractivity contribution in [2.45, 2.75) is 117 Å². The Labute approximate surface area is 311 Å². The van der Waals surface area contributed by atoms with Crippen LogP contribution in [0.2, 0.25) is 0 Å². The molecule has 3 aromatic carbocycles. The lowest BCUT2D eigenvalue weighted by molar-refractivity contribution is -0.154. The van der Waals surface area contributed by atoms with E-state index in [2.05, 4.69) is 27.0 Å². The fraction of sp³-hybridized carbons (Fsp3) is 0.545. The summed E-state index contributed by atoms with van der Waals surface area (Å²) in [7, 11) is 0. The van der Waals surface area contributed by atoms with Crippen molar-refractivity contribution >= 4 is 33.5 Å². The highest BCUT2D eigenvalue weighted by Gasteiger charge is 2.22. The minimum atomic E-state index is -0.600. The third-order valence-electron chi connectivity index (χ3n) is 8.53. The lowest BCUT2D eigenvalue weighted by Crippen LogP contribution is -2.30. The molecule has 0 heterocycles. The van der Waals surface area contributed by atoms with Crippen LogP contribution in [0.5, 0.6) is 11.5 Å². The quantitative estimate of drug-likeness (QED) is 0.0317. The van der Waals surface area contributed by atoms with Crippen molar-refractivity contribution < 1.29 is 38.0 Å². The topological polar surface area (TPSA) is 89.5 Å². The molecule has 0 saturated carbocycles. The molecule has 0 radical (unpaired) electrons. The summed E-state index contributed by atoms with van der Waals surface area (Å²) in [6, 6.07) is 15.8. The summed E-state index contributed by atoms with van der Waals surface area (Å²) in [6.45, 7) is 17.3. The van der Waals surface area contributed by atoms with Crippen molar-refractivity contribution in [3.8, 4) is 11.5 Å². The van der Waals surface area contributed by atoms with Crippen LogP contribution in [-0.2, 0) is 28.5 Å². The maximum Gasteiger partial charge on any atom is 0.306 e. The monoisotopic (exact) mass is 718 g/mol. The molecule has 0 aliphatic carbocycles. The molecule has 3 aromatic rings. The standard InChI is InChI=1S/C44H62O8/c1-7-9-11-13-15-25-41(45)51-35(29-47-27-33(3)4)31-49-43-37-21-17-19-23-39(37)44(40-24-20-18-22-38(40)43)50-32-36(30-48-28-34(5)6)52-42(46)26-16-14-12-10-8-2/h17-24,35-36H,3,5,7-16,25-32H2,1-2,4,6H3. The van der Waals surface area contributed by atoms with E-state index in [1.165, 1.54) is 12.8 Å². The van der Waals surface area contributed by atoms with Crippen LogP contribution in [0.4, 0.5) is 0 Å². The third-order valence-corrected chi connectivity index (χ3v) is 8.53. The van der Waals surface area contributed by atoms with Crippen molar-refractivity contribution in [3.05, 3.63) is 72.8 Å². The lowest BCUT2D eigenvalue weighted by Gasteiger charge is -2.23. The van der Waals surface area contributed by atoms with E-state index in [-0.39, 0.29) is 38.4 Å². The van der Waals surface area contributed by atoms with Gasteiger partial charge in [-0.15, -0.1) is 0 Å². The zero-order valence-corrected chi connectivity index (χ0v) is 32.2. The maximum absolute atomic E-state index is 12.8. The molecule has 0 fully saturated rings. The normalized spacial score (nSPS) is 12.4. The Hall–Kier alpha value is -3.88. The number of ether oxygens (including phenoxy) is 6. The smallest absolute Gasteiger partial charge is 0.306 e. The molecule has 52 heavy (non-hydrogen) atoms. The number of hydrogen-bond donors (Lipinski definition) is 0. The summed E-state index contributed by atoms with van der Waals surface area (Å²) in [4.78, 5) is 25.7. The maximum atomic E-state index is 12.8. The molecule has 0 aliphatic rings. The van der Waals surface area contributed by atoms with Crippen molar-refractivity contribution in [2.75, 3.05) is 39.6 Å². The molecule has 0 aliphatic heterocycles. The molecule has 2 atom stereocenters. The molecule has 0 bridgehead atoms. The lowest BCUT2D eigenvalue weighted by atomic mass is 10.0. The van der Waals surface area contributed by atoms with Gasteiger partial charge in [-0.1, -0.05) is 138 Å². The summed E-state index contributed by atoms with van der Waals surface area (Å²) in [6.07, 6.45) is 10.0. The van der Waals surface area contributed by atoms with E-state index in [1.807, 2.05) is 62.4 Å². The molecule has 3 rings (SSSR count). The van der Waals surface area contributed by atoms with Gasteiger partial charge in [-0.05, 0) is 26.7 Å². The van der Waals surface area contributed by atoms with E-state index in [4.69, 9.17) is 28.4 Å². The van der Waals surface area contributed by atoms with Crippen LogP contribution in [0.3, 0.4) is 0 Å². The Morgan fingerprint density at radius 2 is 0.885 bits per heavy atom. The number of esters is 2. The minimum absolute atomic E-state index is 0.114. The average molecular weight is 719 g/mol. The highest BCUT2D eigenvalue weighted by atomic mass is 16.6. The van der Waals surface area contributed by atoms with Gasteiger partial charge in [0, 0.05) is 34.4 Å². The fourth-order valence-corrected chi connectivity index (χ4v) is 5.91. The van der Waals surface area contributed by atoms with E-state index in [1.54, 1.807) is 0 Å². The Bertz CT molecular complexity index is 1380. The van der Waals surface area contributed by atoms with Gasteiger partial charge >= 0.3 is 11.9 Å². The highest BCUT2D eigenvalue weighted by Crippen LogP contribution is 2.43. The van der Waals surface area contributed by atoms with Crippen LogP contribution in [0.25, 0.3) is 21.5 Å². The second kappa shape index (κ2) is 24.4.